The maximum absolute atomic E-state index is 13.8. The van der Waals surface area contributed by atoms with E-state index in [0.29, 0.717) is 25.2 Å². The highest BCUT2D eigenvalue weighted by molar-refractivity contribution is 5.96. The van der Waals surface area contributed by atoms with Crippen LogP contribution in [0.5, 0.6) is 0 Å². The monoisotopic (exact) mass is 384 g/mol. The van der Waals surface area contributed by atoms with Gasteiger partial charge in [0, 0.05) is 44.0 Å². The summed E-state index contributed by atoms with van der Waals surface area (Å²) in [6, 6.07) is 10.3. The van der Waals surface area contributed by atoms with E-state index in [4.69, 9.17) is 0 Å². The number of likely N-dealkylation sites (tertiary alicyclic amines) is 2. The number of hydrogen-bond donors (Lipinski definition) is 0. The minimum atomic E-state index is -0.436. The summed E-state index contributed by atoms with van der Waals surface area (Å²) in [6.07, 6.45) is 0. The molecule has 4 rings (SSSR count). The molecular weight excluding hydrogens is 362 g/mol. The van der Waals surface area contributed by atoms with Crippen LogP contribution in [-0.2, 0) is 4.79 Å². The number of aryl methyl sites for hydroxylation is 1. The molecule has 2 aliphatic heterocycles. The predicted octanol–water partition coefficient (Wildman–Crippen LogP) is 3.56. The Morgan fingerprint density at radius 2 is 1.75 bits per heavy atom. The molecule has 3 atom stereocenters. The Morgan fingerprint density at radius 1 is 1.00 bits per heavy atom. The lowest BCUT2D eigenvalue weighted by Crippen LogP contribution is -2.36. The summed E-state index contributed by atoms with van der Waals surface area (Å²) in [6.45, 7) is 4.82. The van der Waals surface area contributed by atoms with Crippen LogP contribution in [0.2, 0.25) is 0 Å². The first kappa shape index (κ1) is 18.6. The van der Waals surface area contributed by atoms with Gasteiger partial charge in [-0.25, -0.2) is 8.78 Å². The second-order valence-electron chi connectivity index (χ2n) is 7.76. The van der Waals surface area contributed by atoms with Crippen molar-refractivity contribution in [3.8, 4) is 0 Å². The van der Waals surface area contributed by atoms with Crippen LogP contribution in [0.25, 0.3) is 0 Å². The molecule has 146 valence electrons. The zero-order valence-corrected chi connectivity index (χ0v) is 15.9. The van der Waals surface area contributed by atoms with Crippen molar-refractivity contribution in [1.29, 1.82) is 0 Å². The van der Waals surface area contributed by atoms with Gasteiger partial charge in [0.2, 0.25) is 5.91 Å². The average molecular weight is 384 g/mol. The first-order chi connectivity index (χ1) is 13.3. The van der Waals surface area contributed by atoms with Gasteiger partial charge in [0.05, 0.1) is 6.04 Å². The third-order valence-electron chi connectivity index (χ3n) is 5.98. The van der Waals surface area contributed by atoms with Crippen LogP contribution in [-0.4, -0.2) is 41.2 Å². The summed E-state index contributed by atoms with van der Waals surface area (Å²) >= 11 is 0. The zero-order valence-electron chi connectivity index (χ0n) is 15.9. The maximum Gasteiger partial charge on any atom is 0.254 e. The van der Waals surface area contributed by atoms with Gasteiger partial charge in [-0.2, -0.15) is 0 Å². The van der Waals surface area contributed by atoms with Crippen molar-refractivity contribution < 1.29 is 18.4 Å². The second-order valence-corrected chi connectivity index (χ2v) is 7.76. The van der Waals surface area contributed by atoms with Gasteiger partial charge in [0.25, 0.3) is 5.91 Å². The van der Waals surface area contributed by atoms with E-state index < -0.39 is 5.82 Å². The van der Waals surface area contributed by atoms with Crippen molar-refractivity contribution in [3.63, 3.8) is 0 Å². The highest BCUT2D eigenvalue weighted by atomic mass is 19.1. The highest BCUT2D eigenvalue weighted by Crippen LogP contribution is 2.45. The minimum Gasteiger partial charge on any atom is -0.338 e. The molecule has 2 fully saturated rings. The van der Waals surface area contributed by atoms with Crippen molar-refractivity contribution in [2.75, 3.05) is 19.6 Å². The lowest BCUT2D eigenvalue weighted by Gasteiger charge is -2.29. The van der Waals surface area contributed by atoms with E-state index in [9.17, 15) is 18.4 Å². The Bertz CT molecular complexity index is 946. The third-order valence-corrected chi connectivity index (χ3v) is 5.98. The van der Waals surface area contributed by atoms with Crippen LogP contribution in [0.1, 0.15) is 34.5 Å². The minimum absolute atomic E-state index is 0.0310. The molecule has 0 radical (unpaired) electrons. The fourth-order valence-corrected chi connectivity index (χ4v) is 4.65. The van der Waals surface area contributed by atoms with Crippen LogP contribution in [0.15, 0.2) is 42.5 Å². The maximum atomic E-state index is 13.8. The third kappa shape index (κ3) is 3.17. The molecule has 0 aliphatic carbocycles. The molecule has 28 heavy (non-hydrogen) atoms. The largest absolute Gasteiger partial charge is 0.338 e. The van der Waals surface area contributed by atoms with Gasteiger partial charge in [-0.05, 0) is 42.3 Å². The summed E-state index contributed by atoms with van der Waals surface area (Å²) in [7, 11) is 0. The quantitative estimate of drug-likeness (QED) is 0.794. The summed E-state index contributed by atoms with van der Waals surface area (Å²) in [5, 5.41) is 0. The Morgan fingerprint density at radius 3 is 2.46 bits per heavy atom. The van der Waals surface area contributed by atoms with Gasteiger partial charge in [0.15, 0.2) is 0 Å². The molecule has 2 aromatic carbocycles. The number of carbonyl (C=O) groups is 2. The first-order valence-corrected chi connectivity index (χ1v) is 9.43. The van der Waals surface area contributed by atoms with E-state index in [1.807, 2.05) is 6.07 Å². The van der Waals surface area contributed by atoms with Gasteiger partial charge < -0.3 is 9.80 Å². The normalized spacial score (nSPS) is 23.8. The summed E-state index contributed by atoms with van der Waals surface area (Å²) in [4.78, 5) is 28.7. The Labute approximate surface area is 162 Å². The molecule has 2 saturated heterocycles. The van der Waals surface area contributed by atoms with E-state index in [1.165, 1.54) is 31.2 Å². The standard InChI is InChI=1S/C22H22F2N2O2/c1-13-6-7-18(24)9-19(13)22(28)25-10-16-11-26(14(2)27)21(20(16)12-25)15-4-3-5-17(23)8-15/h3-9,16,20-21H,10-12H2,1-2H3/t16-,20-,21+/m1/s1. The van der Waals surface area contributed by atoms with Crippen LogP contribution < -0.4 is 0 Å². The van der Waals surface area contributed by atoms with Crippen LogP contribution >= 0.6 is 0 Å². The number of amides is 2. The summed E-state index contributed by atoms with van der Waals surface area (Å²) < 4.78 is 27.4. The molecular formula is C22H22F2N2O2. The average Bonchev–Trinajstić information content (AvgIpc) is 3.21. The van der Waals surface area contributed by atoms with Crippen molar-refractivity contribution in [2.45, 2.75) is 19.9 Å². The van der Waals surface area contributed by atoms with Gasteiger partial charge in [-0.15, -0.1) is 0 Å². The molecule has 0 spiro atoms. The molecule has 2 amide bonds. The van der Waals surface area contributed by atoms with E-state index in [0.717, 1.165) is 11.1 Å². The second kappa shape index (κ2) is 7.00. The Hall–Kier alpha value is -2.76. The number of nitrogens with zero attached hydrogens (tertiary/aromatic N) is 2. The first-order valence-electron chi connectivity index (χ1n) is 9.43. The molecule has 0 saturated carbocycles. The van der Waals surface area contributed by atoms with Crippen LogP contribution in [0, 0.1) is 30.4 Å². The van der Waals surface area contributed by atoms with Crippen molar-refractivity contribution >= 4 is 11.8 Å². The summed E-state index contributed by atoms with van der Waals surface area (Å²) in [5.74, 6) is -0.876. The Balaban J connectivity index is 1.62. The van der Waals surface area contributed by atoms with Gasteiger partial charge in [-0.3, -0.25) is 9.59 Å². The van der Waals surface area contributed by atoms with E-state index in [-0.39, 0.29) is 35.5 Å². The predicted molar refractivity (Wildman–Crippen MR) is 101 cm³/mol. The lowest BCUT2D eigenvalue weighted by molar-refractivity contribution is -0.130. The number of fused-ring (bicyclic) bond motifs is 1. The number of benzene rings is 2. The number of carbonyl (C=O) groups excluding carboxylic acids is 2. The lowest BCUT2D eigenvalue weighted by atomic mass is 9.89. The molecule has 2 aliphatic rings. The van der Waals surface area contributed by atoms with Gasteiger partial charge in [-0.1, -0.05) is 18.2 Å². The van der Waals surface area contributed by atoms with Crippen molar-refractivity contribution in [1.82, 2.24) is 9.80 Å². The molecule has 2 aromatic rings. The van der Waals surface area contributed by atoms with Crippen molar-refractivity contribution in [2.24, 2.45) is 11.8 Å². The SMILES string of the molecule is CC(=O)N1C[C@H]2CN(C(=O)c3cc(F)ccc3C)C[C@H]2[C@@H]1c1cccc(F)c1. The number of halogens is 2. The molecule has 2 heterocycles. The number of hydrogen-bond acceptors (Lipinski definition) is 2. The Kier molecular flexibility index (Phi) is 4.65. The molecule has 0 bridgehead atoms. The van der Waals surface area contributed by atoms with Gasteiger partial charge in [0.1, 0.15) is 11.6 Å². The molecule has 0 unspecified atom stereocenters. The van der Waals surface area contributed by atoms with Crippen molar-refractivity contribution in [3.05, 3.63) is 70.8 Å². The molecule has 4 nitrogen and oxygen atoms in total. The molecule has 6 heteroatoms. The topological polar surface area (TPSA) is 40.6 Å². The van der Waals surface area contributed by atoms with E-state index >= 15 is 0 Å². The number of rotatable bonds is 2. The highest BCUT2D eigenvalue weighted by Gasteiger charge is 2.49. The fourth-order valence-electron chi connectivity index (χ4n) is 4.65. The summed E-state index contributed by atoms with van der Waals surface area (Å²) in [5.41, 5.74) is 1.85. The molecule has 0 aromatic heterocycles. The zero-order chi connectivity index (χ0) is 20.0. The van der Waals surface area contributed by atoms with Crippen LogP contribution in [0.4, 0.5) is 8.78 Å². The smallest absolute Gasteiger partial charge is 0.254 e. The van der Waals surface area contributed by atoms with Crippen LogP contribution in [0.3, 0.4) is 0 Å². The fraction of sp³-hybridized carbons (Fsp3) is 0.364. The molecule has 0 N–H and O–H groups in total. The van der Waals surface area contributed by atoms with E-state index in [1.54, 1.807) is 28.9 Å². The van der Waals surface area contributed by atoms with E-state index in [2.05, 4.69) is 0 Å². The van der Waals surface area contributed by atoms with Gasteiger partial charge >= 0.3 is 0 Å².